The molecule has 1 atom stereocenters. The molecule has 1 aromatic rings. The van der Waals surface area contributed by atoms with Crippen LogP contribution in [0.25, 0.3) is 0 Å². The molecule has 1 rings (SSSR count). The molecule has 0 fully saturated rings. The first-order valence-electron chi connectivity index (χ1n) is 4.12. The predicted molar refractivity (Wildman–Crippen MR) is 48.4 cm³/mol. The fourth-order valence-electron chi connectivity index (χ4n) is 1.06. The summed E-state index contributed by atoms with van der Waals surface area (Å²) in [5, 5.41) is 0. The summed E-state index contributed by atoms with van der Waals surface area (Å²) >= 11 is 0. The summed E-state index contributed by atoms with van der Waals surface area (Å²) in [7, 11) is 0. The molecule has 0 bridgehead atoms. The lowest BCUT2D eigenvalue weighted by Gasteiger charge is -2.07. The van der Waals surface area contributed by atoms with Crippen LogP contribution in [0.2, 0.25) is 0 Å². The van der Waals surface area contributed by atoms with E-state index in [9.17, 15) is 0 Å². The van der Waals surface area contributed by atoms with Crippen molar-refractivity contribution in [1.29, 1.82) is 0 Å². The highest BCUT2D eigenvalue weighted by molar-refractivity contribution is 5.15. The zero-order valence-corrected chi connectivity index (χ0v) is 6.96. The molecule has 0 saturated carbocycles. The first-order chi connectivity index (χ1) is 5.33. The summed E-state index contributed by atoms with van der Waals surface area (Å²) in [5.74, 6) is 0. The highest BCUT2D eigenvalue weighted by atomic mass is 14.6. The van der Waals surface area contributed by atoms with Gasteiger partial charge < -0.3 is 5.73 Å². The molecule has 1 nitrogen and oxygen atoms in total. The highest BCUT2D eigenvalue weighted by Crippen LogP contribution is 2.02. The van der Waals surface area contributed by atoms with Crippen LogP contribution in [0.15, 0.2) is 30.3 Å². The van der Waals surface area contributed by atoms with E-state index in [1.54, 1.807) is 0 Å². The number of hydrogen-bond donors (Lipinski definition) is 1. The molecule has 0 unspecified atom stereocenters. The van der Waals surface area contributed by atoms with Gasteiger partial charge in [0.15, 0.2) is 0 Å². The number of benzene rings is 1. The lowest BCUT2D eigenvalue weighted by atomic mass is 10.1. The average Bonchev–Trinajstić information content (AvgIpc) is 2.06. The number of hydrogen-bond acceptors (Lipinski definition) is 1. The van der Waals surface area contributed by atoms with Crippen molar-refractivity contribution < 1.29 is 0 Å². The number of nitrogens with two attached hydrogens (primary N) is 1. The summed E-state index contributed by atoms with van der Waals surface area (Å²) in [6.45, 7) is 2.12. The molecule has 60 valence electrons. The van der Waals surface area contributed by atoms with Gasteiger partial charge in [-0.15, -0.1) is 0 Å². The standard InChI is InChI=1S/C10H15N/c1-2-10(11)8-9-6-4-3-5-7-9/h3-7,10H,2,8,11H2,1H3/t10-/m0/s1. The van der Waals surface area contributed by atoms with Gasteiger partial charge in [-0.1, -0.05) is 37.3 Å². The van der Waals surface area contributed by atoms with Crippen molar-refractivity contribution in [3.63, 3.8) is 0 Å². The van der Waals surface area contributed by atoms with Gasteiger partial charge in [-0.25, -0.2) is 0 Å². The van der Waals surface area contributed by atoms with E-state index in [2.05, 4.69) is 31.2 Å². The highest BCUT2D eigenvalue weighted by Gasteiger charge is 1.98. The molecule has 2 N–H and O–H groups in total. The minimum absolute atomic E-state index is 0.317. The zero-order chi connectivity index (χ0) is 8.10. The molecule has 0 spiro atoms. The lowest BCUT2D eigenvalue weighted by Crippen LogP contribution is -2.21. The maximum absolute atomic E-state index is 5.80. The molecule has 0 aliphatic heterocycles. The molecule has 0 amide bonds. The summed E-state index contributed by atoms with van der Waals surface area (Å²) in [4.78, 5) is 0. The van der Waals surface area contributed by atoms with Crippen molar-refractivity contribution in [1.82, 2.24) is 0 Å². The fourth-order valence-corrected chi connectivity index (χ4v) is 1.06. The SMILES string of the molecule is CC[C@H](N)Cc1ccccc1. The van der Waals surface area contributed by atoms with Gasteiger partial charge in [0.2, 0.25) is 0 Å². The van der Waals surface area contributed by atoms with E-state index in [0.717, 1.165) is 12.8 Å². The van der Waals surface area contributed by atoms with Crippen molar-refractivity contribution in [2.24, 2.45) is 5.73 Å². The molecular formula is C10H15N. The minimum atomic E-state index is 0.317. The Morgan fingerprint density at radius 2 is 1.91 bits per heavy atom. The summed E-state index contributed by atoms with van der Waals surface area (Å²) in [6.07, 6.45) is 2.05. The molecule has 0 radical (unpaired) electrons. The van der Waals surface area contributed by atoms with Gasteiger partial charge in [0.1, 0.15) is 0 Å². The van der Waals surface area contributed by atoms with Crippen molar-refractivity contribution in [2.75, 3.05) is 0 Å². The second-order valence-electron chi connectivity index (χ2n) is 2.86. The van der Waals surface area contributed by atoms with E-state index in [-0.39, 0.29) is 0 Å². The quantitative estimate of drug-likeness (QED) is 0.698. The molecule has 1 aromatic carbocycles. The minimum Gasteiger partial charge on any atom is -0.327 e. The Balaban J connectivity index is 2.51. The topological polar surface area (TPSA) is 26.0 Å². The molecule has 0 aromatic heterocycles. The van der Waals surface area contributed by atoms with Crippen LogP contribution < -0.4 is 5.73 Å². The predicted octanol–water partition coefficient (Wildman–Crippen LogP) is 1.97. The summed E-state index contributed by atoms with van der Waals surface area (Å²) in [5.41, 5.74) is 7.14. The monoisotopic (exact) mass is 149 g/mol. The van der Waals surface area contributed by atoms with Crippen molar-refractivity contribution in [3.05, 3.63) is 35.9 Å². The van der Waals surface area contributed by atoms with Gasteiger partial charge in [-0.05, 0) is 18.4 Å². The molecule has 0 aliphatic carbocycles. The fraction of sp³-hybridized carbons (Fsp3) is 0.400. The maximum atomic E-state index is 5.80. The molecule has 0 heterocycles. The van der Waals surface area contributed by atoms with Crippen LogP contribution in [0.1, 0.15) is 18.9 Å². The van der Waals surface area contributed by atoms with E-state index in [4.69, 9.17) is 5.73 Å². The molecule has 11 heavy (non-hydrogen) atoms. The summed E-state index contributed by atoms with van der Waals surface area (Å²) < 4.78 is 0. The second kappa shape index (κ2) is 4.14. The van der Waals surface area contributed by atoms with Crippen LogP contribution in [0.3, 0.4) is 0 Å². The van der Waals surface area contributed by atoms with E-state index in [1.807, 2.05) is 6.07 Å². The molecule has 0 aliphatic rings. The van der Waals surface area contributed by atoms with Crippen LogP contribution >= 0.6 is 0 Å². The van der Waals surface area contributed by atoms with Crippen LogP contribution in [0.4, 0.5) is 0 Å². The van der Waals surface area contributed by atoms with E-state index < -0.39 is 0 Å². The Kier molecular flexibility index (Phi) is 3.12. The van der Waals surface area contributed by atoms with E-state index in [1.165, 1.54) is 5.56 Å². The Hall–Kier alpha value is -0.820. The van der Waals surface area contributed by atoms with Gasteiger partial charge in [-0.2, -0.15) is 0 Å². The van der Waals surface area contributed by atoms with Gasteiger partial charge in [0.25, 0.3) is 0 Å². The molecule has 1 heteroatoms. The third kappa shape index (κ3) is 2.72. The third-order valence-corrected chi connectivity index (χ3v) is 1.87. The number of rotatable bonds is 3. The summed E-state index contributed by atoms with van der Waals surface area (Å²) in [6, 6.07) is 10.7. The van der Waals surface area contributed by atoms with Crippen molar-refractivity contribution in [2.45, 2.75) is 25.8 Å². The van der Waals surface area contributed by atoms with E-state index in [0.29, 0.717) is 6.04 Å². The van der Waals surface area contributed by atoms with Gasteiger partial charge in [0.05, 0.1) is 0 Å². The van der Waals surface area contributed by atoms with Gasteiger partial charge in [0, 0.05) is 6.04 Å². The Labute approximate surface area is 68.2 Å². The lowest BCUT2D eigenvalue weighted by molar-refractivity contribution is 0.646. The maximum Gasteiger partial charge on any atom is 0.00766 e. The van der Waals surface area contributed by atoms with Crippen molar-refractivity contribution >= 4 is 0 Å². The van der Waals surface area contributed by atoms with Crippen LogP contribution in [-0.2, 0) is 6.42 Å². The Bertz CT molecular complexity index is 193. The third-order valence-electron chi connectivity index (χ3n) is 1.87. The zero-order valence-electron chi connectivity index (χ0n) is 6.96. The largest absolute Gasteiger partial charge is 0.327 e. The first-order valence-corrected chi connectivity index (χ1v) is 4.12. The van der Waals surface area contributed by atoms with Crippen LogP contribution in [0.5, 0.6) is 0 Å². The van der Waals surface area contributed by atoms with E-state index >= 15 is 0 Å². The van der Waals surface area contributed by atoms with Crippen LogP contribution in [-0.4, -0.2) is 6.04 Å². The molecule has 0 saturated heterocycles. The first kappa shape index (κ1) is 8.28. The van der Waals surface area contributed by atoms with Gasteiger partial charge in [-0.3, -0.25) is 0 Å². The normalized spacial score (nSPS) is 12.9. The molecular weight excluding hydrogens is 134 g/mol. The Morgan fingerprint density at radius 1 is 1.27 bits per heavy atom. The average molecular weight is 149 g/mol. The van der Waals surface area contributed by atoms with Crippen molar-refractivity contribution in [3.8, 4) is 0 Å². The second-order valence-corrected chi connectivity index (χ2v) is 2.86. The Morgan fingerprint density at radius 3 is 2.45 bits per heavy atom. The van der Waals surface area contributed by atoms with Crippen LogP contribution in [0, 0.1) is 0 Å². The smallest absolute Gasteiger partial charge is 0.00766 e. The van der Waals surface area contributed by atoms with Gasteiger partial charge >= 0.3 is 0 Å².